The average molecular weight is 379 g/mol. The van der Waals surface area contributed by atoms with Crippen molar-refractivity contribution in [2.75, 3.05) is 5.32 Å². The van der Waals surface area contributed by atoms with Crippen LogP contribution in [0, 0.1) is 0 Å². The third kappa shape index (κ3) is 3.10. The first-order chi connectivity index (χ1) is 12.6. The van der Waals surface area contributed by atoms with Crippen molar-refractivity contribution in [3.8, 4) is 10.4 Å². The summed E-state index contributed by atoms with van der Waals surface area (Å²) in [4.78, 5) is 29.5. The lowest BCUT2D eigenvalue weighted by atomic mass is 10.1. The highest BCUT2D eigenvalue weighted by Crippen LogP contribution is 2.35. The van der Waals surface area contributed by atoms with Crippen LogP contribution in [0.4, 0.5) is 5.00 Å². The fourth-order valence-corrected chi connectivity index (χ4v) is 4.36. The van der Waals surface area contributed by atoms with Crippen LogP contribution in [0.25, 0.3) is 20.7 Å². The standard InChI is InChI=1S/C19H13N3O2S2/c20-17(23)13-9-15(11-4-2-1-3-5-11)26-19(13)22-18(24)12-6-7-14-16(8-12)25-10-21-14/h1-10H,(H2,20,23)(H,22,24). The number of carbonyl (C=O) groups excluding carboxylic acids is 2. The van der Waals surface area contributed by atoms with Gasteiger partial charge >= 0.3 is 0 Å². The number of fused-ring (bicyclic) bond motifs is 1. The first kappa shape index (κ1) is 16.4. The summed E-state index contributed by atoms with van der Waals surface area (Å²) in [5.74, 6) is -0.860. The molecule has 3 N–H and O–H groups in total. The number of aromatic nitrogens is 1. The van der Waals surface area contributed by atoms with Gasteiger partial charge in [-0.3, -0.25) is 9.59 Å². The molecule has 2 aromatic heterocycles. The molecule has 0 spiro atoms. The molecule has 0 atom stereocenters. The monoisotopic (exact) mass is 379 g/mol. The van der Waals surface area contributed by atoms with Gasteiger partial charge in [0.2, 0.25) is 0 Å². The summed E-state index contributed by atoms with van der Waals surface area (Å²) < 4.78 is 0.934. The minimum absolute atomic E-state index is 0.288. The molecule has 4 aromatic rings. The second-order valence-electron chi connectivity index (χ2n) is 5.57. The number of hydrogen-bond acceptors (Lipinski definition) is 5. The van der Waals surface area contributed by atoms with E-state index in [9.17, 15) is 9.59 Å². The van der Waals surface area contributed by atoms with Crippen molar-refractivity contribution in [2.24, 2.45) is 5.73 Å². The SMILES string of the molecule is NC(=O)c1cc(-c2ccccc2)sc1NC(=O)c1ccc2ncsc2c1. The minimum atomic E-state index is -0.573. The number of thiophene rings is 1. The molecule has 2 heterocycles. The number of nitrogens with one attached hydrogen (secondary N) is 1. The summed E-state index contributed by atoms with van der Waals surface area (Å²) in [5, 5.41) is 3.27. The van der Waals surface area contributed by atoms with Crippen LogP contribution in [-0.2, 0) is 0 Å². The Balaban J connectivity index is 1.67. The number of amides is 2. The summed E-state index contributed by atoms with van der Waals surface area (Å²) in [6.45, 7) is 0. The van der Waals surface area contributed by atoms with Gasteiger partial charge < -0.3 is 11.1 Å². The molecule has 2 amide bonds. The summed E-state index contributed by atoms with van der Waals surface area (Å²) >= 11 is 2.80. The van der Waals surface area contributed by atoms with Gasteiger partial charge in [-0.15, -0.1) is 22.7 Å². The molecule has 0 fully saturated rings. The molecule has 0 radical (unpaired) electrons. The topological polar surface area (TPSA) is 85.1 Å². The number of rotatable bonds is 4. The van der Waals surface area contributed by atoms with Crippen LogP contribution in [0.1, 0.15) is 20.7 Å². The molecule has 26 heavy (non-hydrogen) atoms. The largest absolute Gasteiger partial charge is 0.366 e. The van der Waals surface area contributed by atoms with Crippen LogP contribution in [-0.4, -0.2) is 16.8 Å². The van der Waals surface area contributed by atoms with E-state index in [2.05, 4.69) is 10.3 Å². The molecule has 0 saturated heterocycles. The van der Waals surface area contributed by atoms with Crippen molar-refractivity contribution < 1.29 is 9.59 Å². The van der Waals surface area contributed by atoms with E-state index < -0.39 is 5.91 Å². The number of nitrogens with zero attached hydrogens (tertiary/aromatic N) is 1. The molecule has 0 aliphatic rings. The summed E-state index contributed by atoms with van der Waals surface area (Å²) in [6, 6.07) is 16.7. The molecule has 2 aromatic carbocycles. The lowest BCUT2D eigenvalue weighted by molar-refractivity contribution is 0.100. The predicted molar refractivity (Wildman–Crippen MR) is 106 cm³/mol. The normalized spacial score (nSPS) is 10.8. The summed E-state index contributed by atoms with van der Waals surface area (Å²) in [6.07, 6.45) is 0. The van der Waals surface area contributed by atoms with Crippen molar-refractivity contribution in [1.82, 2.24) is 4.98 Å². The van der Waals surface area contributed by atoms with Crippen LogP contribution in [0.15, 0.2) is 60.1 Å². The van der Waals surface area contributed by atoms with Crippen LogP contribution in [0.5, 0.6) is 0 Å². The van der Waals surface area contributed by atoms with Crippen molar-refractivity contribution in [2.45, 2.75) is 0 Å². The maximum Gasteiger partial charge on any atom is 0.256 e. The van der Waals surface area contributed by atoms with E-state index in [0.29, 0.717) is 16.1 Å². The van der Waals surface area contributed by atoms with E-state index in [1.807, 2.05) is 30.3 Å². The quantitative estimate of drug-likeness (QED) is 0.552. The molecule has 128 valence electrons. The number of benzene rings is 2. The third-order valence-electron chi connectivity index (χ3n) is 3.88. The van der Waals surface area contributed by atoms with Crippen molar-refractivity contribution >= 4 is 49.7 Å². The van der Waals surface area contributed by atoms with E-state index in [1.165, 1.54) is 22.7 Å². The van der Waals surface area contributed by atoms with Crippen molar-refractivity contribution in [1.29, 1.82) is 0 Å². The molecule has 5 nitrogen and oxygen atoms in total. The Bertz CT molecular complexity index is 1120. The lowest BCUT2D eigenvalue weighted by Gasteiger charge is -2.04. The number of thiazole rings is 1. The maximum atomic E-state index is 12.6. The summed E-state index contributed by atoms with van der Waals surface area (Å²) in [7, 11) is 0. The van der Waals surface area contributed by atoms with Crippen molar-refractivity contribution in [3.63, 3.8) is 0 Å². The molecular weight excluding hydrogens is 366 g/mol. The van der Waals surface area contributed by atoms with Gasteiger partial charge in [-0.25, -0.2) is 4.98 Å². The smallest absolute Gasteiger partial charge is 0.256 e. The van der Waals surface area contributed by atoms with E-state index >= 15 is 0 Å². The molecule has 4 rings (SSSR count). The van der Waals surface area contributed by atoms with E-state index in [4.69, 9.17) is 5.73 Å². The van der Waals surface area contributed by atoms with Gasteiger partial charge in [0.25, 0.3) is 11.8 Å². The Hall–Kier alpha value is -3.03. The number of hydrogen-bond donors (Lipinski definition) is 2. The van der Waals surface area contributed by atoms with Gasteiger partial charge in [-0.05, 0) is 29.8 Å². The average Bonchev–Trinajstić information content (AvgIpc) is 3.28. The zero-order valence-corrected chi connectivity index (χ0v) is 15.1. The number of anilines is 1. The fourth-order valence-electron chi connectivity index (χ4n) is 2.58. The molecule has 0 aliphatic heterocycles. The zero-order valence-electron chi connectivity index (χ0n) is 13.4. The third-order valence-corrected chi connectivity index (χ3v) is 5.77. The Morgan fingerprint density at radius 2 is 1.85 bits per heavy atom. The van der Waals surface area contributed by atoms with Gasteiger partial charge in [-0.2, -0.15) is 0 Å². The molecule has 7 heteroatoms. The zero-order chi connectivity index (χ0) is 18.1. The maximum absolute atomic E-state index is 12.6. The minimum Gasteiger partial charge on any atom is -0.366 e. The number of nitrogens with two attached hydrogens (primary N) is 1. The van der Waals surface area contributed by atoms with Gasteiger partial charge in [-0.1, -0.05) is 30.3 Å². The van der Waals surface area contributed by atoms with Crippen LogP contribution >= 0.6 is 22.7 Å². The molecule has 0 aliphatic carbocycles. The highest BCUT2D eigenvalue weighted by atomic mass is 32.1. The van der Waals surface area contributed by atoms with Gasteiger partial charge in [0.05, 0.1) is 21.3 Å². The first-order valence-corrected chi connectivity index (χ1v) is 9.45. The van der Waals surface area contributed by atoms with Crippen LogP contribution in [0.3, 0.4) is 0 Å². The highest BCUT2D eigenvalue weighted by Gasteiger charge is 2.18. The van der Waals surface area contributed by atoms with Gasteiger partial charge in [0.15, 0.2) is 0 Å². The fraction of sp³-hybridized carbons (Fsp3) is 0. The van der Waals surface area contributed by atoms with E-state index in [1.54, 1.807) is 29.8 Å². The van der Waals surface area contributed by atoms with E-state index in [0.717, 1.165) is 20.7 Å². The second-order valence-corrected chi connectivity index (χ2v) is 7.51. The molecule has 0 saturated carbocycles. The van der Waals surface area contributed by atoms with Crippen LogP contribution < -0.4 is 11.1 Å². The molecular formula is C19H13N3O2S2. The van der Waals surface area contributed by atoms with Crippen LogP contribution in [0.2, 0.25) is 0 Å². The molecule has 0 bridgehead atoms. The highest BCUT2D eigenvalue weighted by molar-refractivity contribution is 7.20. The number of primary amides is 1. The predicted octanol–water partition coefficient (Wildman–Crippen LogP) is 4.38. The Kier molecular flexibility index (Phi) is 4.24. The van der Waals surface area contributed by atoms with Gasteiger partial charge in [0.1, 0.15) is 5.00 Å². The van der Waals surface area contributed by atoms with E-state index in [-0.39, 0.29) is 5.91 Å². The first-order valence-electron chi connectivity index (χ1n) is 7.75. The molecule has 0 unspecified atom stereocenters. The van der Waals surface area contributed by atoms with Crippen molar-refractivity contribution in [3.05, 3.63) is 71.2 Å². The second kappa shape index (κ2) is 6.70. The Morgan fingerprint density at radius 1 is 1.04 bits per heavy atom. The Morgan fingerprint density at radius 3 is 2.62 bits per heavy atom. The summed E-state index contributed by atoms with van der Waals surface area (Å²) in [5.41, 5.74) is 9.86. The Labute approximate surface area is 157 Å². The van der Waals surface area contributed by atoms with Gasteiger partial charge in [0, 0.05) is 10.4 Å². The number of carbonyl (C=O) groups is 2. The lowest BCUT2D eigenvalue weighted by Crippen LogP contribution is -2.16.